The molecule has 0 fully saturated rings. The number of methoxy groups -OCH3 is 1. The van der Waals surface area contributed by atoms with Crippen molar-refractivity contribution >= 4 is 41.6 Å². The SMILES string of the molecule is COC(=O)C(C)CN=C(NCCc1cccc(F)c1)Nc1ccc2c(c1)OCCCO2.I. The van der Waals surface area contributed by atoms with Crippen LogP contribution in [-0.4, -0.2) is 45.3 Å². The summed E-state index contributed by atoms with van der Waals surface area (Å²) in [6.45, 7) is 3.77. The third-order valence-electron chi connectivity index (χ3n) is 4.73. The zero-order chi connectivity index (χ0) is 22.1. The molecule has 0 aromatic heterocycles. The molecule has 174 valence electrons. The highest BCUT2D eigenvalue weighted by molar-refractivity contribution is 14.0. The summed E-state index contributed by atoms with van der Waals surface area (Å²) < 4.78 is 29.6. The van der Waals surface area contributed by atoms with Crippen LogP contribution in [-0.2, 0) is 16.0 Å². The molecule has 0 saturated carbocycles. The van der Waals surface area contributed by atoms with Gasteiger partial charge in [-0.05, 0) is 36.2 Å². The van der Waals surface area contributed by atoms with Gasteiger partial charge in [-0.15, -0.1) is 24.0 Å². The van der Waals surface area contributed by atoms with Gasteiger partial charge >= 0.3 is 5.97 Å². The van der Waals surface area contributed by atoms with Crippen LogP contribution in [0, 0.1) is 11.7 Å². The third kappa shape index (κ3) is 7.85. The maximum absolute atomic E-state index is 13.4. The fourth-order valence-corrected chi connectivity index (χ4v) is 3.04. The Hall–Kier alpha value is -2.56. The van der Waals surface area contributed by atoms with E-state index in [1.165, 1.54) is 19.2 Å². The molecule has 1 aliphatic rings. The van der Waals surface area contributed by atoms with Crippen LogP contribution < -0.4 is 20.1 Å². The molecule has 1 unspecified atom stereocenters. The average Bonchev–Trinajstić information content (AvgIpc) is 3.01. The second-order valence-corrected chi connectivity index (χ2v) is 7.26. The number of anilines is 1. The number of hydrogen-bond acceptors (Lipinski definition) is 5. The average molecular weight is 557 g/mol. The number of carbonyl (C=O) groups excluding carboxylic acids is 1. The van der Waals surface area contributed by atoms with E-state index >= 15 is 0 Å². The van der Waals surface area contributed by atoms with Crippen LogP contribution in [0.2, 0.25) is 0 Å². The van der Waals surface area contributed by atoms with Gasteiger partial charge in [0, 0.05) is 24.7 Å². The quantitative estimate of drug-likeness (QED) is 0.232. The van der Waals surface area contributed by atoms with Crippen molar-refractivity contribution in [2.24, 2.45) is 10.9 Å². The van der Waals surface area contributed by atoms with Crippen molar-refractivity contribution in [3.63, 3.8) is 0 Å². The molecular weight excluding hydrogens is 528 g/mol. The lowest BCUT2D eigenvalue weighted by Gasteiger charge is -2.15. The van der Waals surface area contributed by atoms with Crippen LogP contribution in [0.15, 0.2) is 47.5 Å². The summed E-state index contributed by atoms with van der Waals surface area (Å²) in [5.74, 6) is 0.920. The number of nitrogens with zero attached hydrogens (tertiary/aromatic N) is 1. The molecule has 1 heterocycles. The van der Waals surface area contributed by atoms with Crippen molar-refractivity contribution in [1.29, 1.82) is 0 Å². The van der Waals surface area contributed by atoms with E-state index in [9.17, 15) is 9.18 Å². The second-order valence-electron chi connectivity index (χ2n) is 7.26. The molecule has 2 aromatic rings. The third-order valence-corrected chi connectivity index (χ3v) is 4.73. The van der Waals surface area contributed by atoms with Crippen LogP contribution >= 0.6 is 24.0 Å². The molecule has 0 radical (unpaired) electrons. The first-order chi connectivity index (χ1) is 15.0. The Balaban J connectivity index is 0.00000363. The van der Waals surface area contributed by atoms with Gasteiger partial charge in [0.25, 0.3) is 0 Å². The molecule has 2 aromatic carbocycles. The molecule has 2 N–H and O–H groups in total. The first-order valence-corrected chi connectivity index (χ1v) is 10.3. The van der Waals surface area contributed by atoms with E-state index in [0.29, 0.717) is 43.6 Å². The number of ether oxygens (including phenoxy) is 3. The zero-order valence-electron chi connectivity index (χ0n) is 18.2. The van der Waals surface area contributed by atoms with E-state index in [1.807, 2.05) is 24.3 Å². The fraction of sp³-hybridized carbons (Fsp3) is 0.391. The Kier molecular flexibility index (Phi) is 10.5. The van der Waals surface area contributed by atoms with Crippen molar-refractivity contribution in [2.45, 2.75) is 19.8 Å². The minimum absolute atomic E-state index is 0. The molecular formula is C23H29FIN3O4. The Labute approximate surface area is 204 Å². The molecule has 0 bridgehead atoms. The first kappa shape index (κ1) is 25.7. The lowest BCUT2D eigenvalue weighted by molar-refractivity contribution is -0.144. The summed E-state index contributed by atoms with van der Waals surface area (Å²) in [4.78, 5) is 16.2. The zero-order valence-corrected chi connectivity index (χ0v) is 20.6. The van der Waals surface area contributed by atoms with Crippen LogP contribution in [0.5, 0.6) is 11.5 Å². The number of esters is 1. The van der Waals surface area contributed by atoms with Gasteiger partial charge in [0.2, 0.25) is 0 Å². The van der Waals surface area contributed by atoms with E-state index in [4.69, 9.17) is 14.2 Å². The summed E-state index contributed by atoms with van der Waals surface area (Å²) in [6.07, 6.45) is 1.45. The summed E-state index contributed by atoms with van der Waals surface area (Å²) in [7, 11) is 1.36. The summed E-state index contributed by atoms with van der Waals surface area (Å²) in [5.41, 5.74) is 1.65. The molecule has 7 nitrogen and oxygen atoms in total. The maximum atomic E-state index is 13.4. The van der Waals surface area contributed by atoms with Gasteiger partial charge in [-0.2, -0.15) is 0 Å². The van der Waals surface area contributed by atoms with E-state index in [-0.39, 0.29) is 48.2 Å². The molecule has 0 aliphatic carbocycles. The number of guanidine groups is 1. The number of rotatable bonds is 7. The predicted molar refractivity (Wildman–Crippen MR) is 133 cm³/mol. The van der Waals surface area contributed by atoms with Gasteiger partial charge in [-0.25, -0.2) is 4.39 Å². The van der Waals surface area contributed by atoms with Crippen LogP contribution in [0.4, 0.5) is 10.1 Å². The van der Waals surface area contributed by atoms with E-state index < -0.39 is 0 Å². The van der Waals surface area contributed by atoms with Gasteiger partial charge in [0.1, 0.15) is 5.82 Å². The van der Waals surface area contributed by atoms with Crippen molar-refractivity contribution in [2.75, 3.05) is 38.7 Å². The highest BCUT2D eigenvalue weighted by atomic mass is 127. The van der Waals surface area contributed by atoms with Gasteiger partial charge in [-0.1, -0.05) is 19.1 Å². The van der Waals surface area contributed by atoms with Crippen LogP contribution in [0.1, 0.15) is 18.9 Å². The molecule has 1 atom stereocenters. The minimum Gasteiger partial charge on any atom is -0.490 e. The number of fused-ring (bicyclic) bond motifs is 1. The number of nitrogens with one attached hydrogen (secondary N) is 2. The predicted octanol–water partition coefficient (Wildman–Crippen LogP) is 4.01. The van der Waals surface area contributed by atoms with Crippen LogP contribution in [0.3, 0.4) is 0 Å². The smallest absolute Gasteiger partial charge is 0.310 e. The largest absolute Gasteiger partial charge is 0.490 e. The molecule has 9 heteroatoms. The fourth-order valence-electron chi connectivity index (χ4n) is 3.04. The van der Waals surface area contributed by atoms with Crippen molar-refractivity contribution < 1.29 is 23.4 Å². The van der Waals surface area contributed by atoms with Crippen molar-refractivity contribution in [1.82, 2.24) is 5.32 Å². The monoisotopic (exact) mass is 557 g/mol. The van der Waals surface area contributed by atoms with Gasteiger partial charge in [0.05, 0.1) is 32.8 Å². The van der Waals surface area contributed by atoms with E-state index in [0.717, 1.165) is 17.7 Å². The molecule has 3 rings (SSSR count). The molecule has 32 heavy (non-hydrogen) atoms. The molecule has 0 spiro atoms. The highest BCUT2D eigenvalue weighted by Crippen LogP contribution is 2.32. The normalized spacial score (nSPS) is 13.9. The Morgan fingerprint density at radius 2 is 1.97 bits per heavy atom. The summed E-state index contributed by atoms with van der Waals surface area (Å²) in [6, 6.07) is 12.1. The summed E-state index contributed by atoms with van der Waals surface area (Å²) in [5, 5.41) is 6.47. The molecule has 1 aliphatic heterocycles. The maximum Gasteiger partial charge on any atom is 0.310 e. The Morgan fingerprint density at radius 1 is 1.19 bits per heavy atom. The lowest BCUT2D eigenvalue weighted by atomic mass is 10.1. The van der Waals surface area contributed by atoms with Gasteiger partial charge in [0.15, 0.2) is 17.5 Å². The topological polar surface area (TPSA) is 81.2 Å². The number of aliphatic imine (C=N–C) groups is 1. The van der Waals surface area contributed by atoms with E-state index in [1.54, 1.807) is 13.0 Å². The number of benzene rings is 2. The lowest BCUT2D eigenvalue weighted by Crippen LogP contribution is -2.33. The van der Waals surface area contributed by atoms with Gasteiger partial charge < -0.3 is 24.8 Å². The number of halogens is 2. The highest BCUT2D eigenvalue weighted by Gasteiger charge is 2.14. The number of hydrogen-bond donors (Lipinski definition) is 2. The standard InChI is InChI=1S/C23H28FN3O4.HI/c1-16(22(28)29-2)15-26-23(25-10-9-17-5-3-6-18(24)13-17)27-19-7-8-20-21(14-19)31-12-4-11-30-20;/h3,5-8,13-14,16H,4,9-12,15H2,1-2H3,(H2,25,26,27);1H. The minimum atomic E-state index is -0.379. The van der Waals surface area contributed by atoms with E-state index in [2.05, 4.69) is 15.6 Å². The van der Waals surface area contributed by atoms with Gasteiger partial charge in [-0.3, -0.25) is 9.79 Å². The Morgan fingerprint density at radius 3 is 2.72 bits per heavy atom. The van der Waals surface area contributed by atoms with Crippen molar-refractivity contribution in [3.05, 3.63) is 53.8 Å². The Bertz CT molecular complexity index is 926. The van der Waals surface area contributed by atoms with Crippen LogP contribution in [0.25, 0.3) is 0 Å². The second kappa shape index (κ2) is 13.1. The molecule has 0 saturated heterocycles. The number of carbonyl (C=O) groups is 1. The van der Waals surface area contributed by atoms with Crippen molar-refractivity contribution in [3.8, 4) is 11.5 Å². The summed E-state index contributed by atoms with van der Waals surface area (Å²) >= 11 is 0. The first-order valence-electron chi connectivity index (χ1n) is 10.3. The molecule has 0 amide bonds.